The number of anilines is 1. The Morgan fingerprint density at radius 2 is 1.73 bits per heavy atom. The average Bonchev–Trinajstić information content (AvgIpc) is 3.38. The largest absolute Gasteiger partial charge is 0.494 e. The summed E-state index contributed by atoms with van der Waals surface area (Å²) in [6, 6.07) is 11.4. The number of carbonyl (C=O) groups excluding carboxylic acids is 4. The molecule has 0 saturated heterocycles. The second-order valence-electron chi connectivity index (χ2n) is 10.3. The van der Waals surface area contributed by atoms with Crippen LogP contribution >= 0.6 is 11.3 Å². The third-order valence-electron chi connectivity index (χ3n) is 6.84. The third kappa shape index (κ3) is 8.69. The van der Waals surface area contributed by atoms with Crippen LogP contribution in [0.4, 0.5) is 5.00 Å². The van der Waals surface area contributed by atoms with Gasteiger partial charge in [-0.1, -0.05) is 13.8 Å². The van der Waals surface area contributed by atoms with Crippen molar-refractivity contribution in [3.8, 4) is 17.2 Å². The molecule has 45 heavy (non-hydrogen) atoms. The van der Waals surface area contributed by atoms with Gasteiger partial charge in [-0.05, 0) is 99.0 Å². The molecule has 0 bridgehead atoms. The van der Waals surface area contributed by atoms with Crippen LogP contribution in [0.3, 0.4) is 0 Å². The van der Waals surface area contributed by atoms with Crippen molar-refractivity contribution in [1.82, 2.24) is 5.43 Å². The number of hydrogen-bond acceptors (Lipinski definition) is 10. The van der Waals surface area contributed by atoms with Crippen LogP contribution in [-0.2, 0) is 27.2 Å². The van der Waals surface area contributed by atoms with Gasteiger partial charge in [-0.25, -0.2) is 15.0 Å². The molecule has 2 amide bonds. The van der Waals surface area contributed by atoms with Gasteiger partial charge in [-0.2, -0.15) is 5.10 Å². The first-order valence-electron chi connectivity index (χ1n) is 14.9. The lowest BCUT2D eigenvalue weighted by Crippen LogP contribution is -2.32. The molecular formula is C33H37N3O8S. The fourth-order valence-corrected chi connectivity index (χ4v) is 6.05. The van der Waals surface area contributed by atoms with Crippen LogP contribution in [0, 0.1) is 5.92 Å². The Kier molecular flexibility index (Phi) is 11.7. The molecule has 12 heteroatoms. The van der Waals surface area contributed by atoms with E-state index in [4.69, 9.17) is 18.9 Å². The number of carbonyl (C=O) groups is 4. The first-order valence-corrected chi connectivity index (χ1v) is 15.7. The Balaban J connectivity index is 1.39. The van der Waals surface area contributed by atoms with Crippen LogP contribution in [0.5, 0.6) is 17.2 Å². The zero-order chi connectivity index (χ0) is 32.3. The fraction of sp³-hybridized carbons (Fsp3) is 0.364. The molecule has 1 heterocycles. The number of ether oxygens (including phenoxy) is 4. The molecule has 0 spiro atoms. The van der Waals surface area contributed by atoms with Gasteiger partial charge in [0, 0.05) is 4.88 Å². The third-order valence-corrected chi connectivity index (χ3v) is 8.01. The Hall–Kier alpha value is -4.71. The highest BCUT2D eigenvalue weighted by atomic mass is 32.1. The Morgan fingerprint density at radius 1 is 0.956 bits per heavy atom. The quantitative estimate of drug-likeness (QED) is 0.0868. The maximum absolute atomic E-state index is 12.7. The van der Waals surface area contributed by atoms with Gasteiger partial charge >= 0.3 is 23.8 Å². The highest BCUT2D eigenvalue weighted by Gasteiger charge is 2.30. The summed E-state index contributed by atoms with van der Waals surface area (Å²) in [6.07, 6.45) is 4.63. The molecule has 3 aromatic rings. The zero-order valence-corrected chi connectivity index (χ0v) is 26.6. The summed E-state index contributed by atoms with van der Waals surface area (Å²) >= 11 is 1.29. The minimum atomic E-state index is -1.01. The molecule has 0 radical (unpaired) electrons. The Labute approximate surface area is 265 Å². The number of benzene rings is 2. The lowest BCUT2D eigenvalue weighted by Gasteiger charge is -2.18. The van der Waals surface area contributed by atoms with E-state index in [1.54, 1.807) is 56.3 Å². The number of thiophene rings is 1. The van der Waals surface area contributed by atoms with Crippen molar-refractivity contribution in [2.45, 2.75) is 53.4 Å². The standard InChI is InChI=1S/C33H37N3O8S/c1-5-16-43-23-12-10-22(11-13-23)32(39)44-25-15-9-21(18-26(25)41-6-2)19-34-36-30(38)29(37)35-31-28(33(40)42-7-3)24-14-8-20(4)17-27(24)45-31/h9-13,15,18-20H,5-8,14,16-17H2,1-4H3,(H,35,37)(H,36,38)/b34-19-/t20-/m1/s1. The molecule has 0 fully saturated rings. The van der Waals surface area contributed by atoms with Gasteiger partial charge in [0.05, 0.1) is 37.2 Å². The second-order valence-corrected chi connectivity index (χ2v) is 11.4. The smallest absolute Gasteiger partial charge is 0.343 e. The number of amides is 2. The summed E-state index contributed by atoms with van der Waals surface area (Å²) in [4.78, 5) is 51.7. The van der Waals surface area contributed by atoms with Crippen LogP contribution in [-0.4, -0.2) is 49.8 Å². The molecule has 0 unspecified atom stereocenters. The predicted molar refractivity (Wildman–Crippen MR) is 171 cm³/mol. The number of esters is 2. The van der Waals surface area contributed by atoms with Crippen molar-refractivity contribution in [1.29, 1.82) is 0 Å². The van der Waals surface area contributed by atoms with Crippen LogP contribution in [0.25, 0.3) is 0 Å². The predicted octanol–water partition coefficient (Wildman–Crippen LogP) is 5.55. The van der Waals surface area contributed by atoms with Gasteiger partial charge in [0.25, 0.3) is 0 Å². The van der Waals surface area contributed by atoms with E-state index in [0.29, 0.717) is 58.7 Å². The first-order chi connectivity index (χ1) is 21.7. The van der Waals surface area contributed by atoms with Crippen LogP contribution in [0.15, 0.2) is 47.6 Å². The highest BCUT2D eigenvalue weighted by molar-refractivity contribution is 7.17. The normalized spacial score (nSPS) is 13.9. The summed E-state index contributed by atoms with van der Waals surface area (Å²) in [5.41, 5.74) is 4.25. The molecular weight excluding hydrogens is 598 g/mol. The van der Waals surface area contributed by atoms with Gasteiger partial charge in [0.1, 0.15) is 10.8 Å². The maximum atomic E-state index is 12.7. The van der Waals surface area contributed by atoms with Crippen LogP contribution in [0.2, 0.25) is 0 Å². The summed E-state index contributed by atoms with van der Waals surface area (Å²) in [5, 5.41) is 6.75. The highest BCUT2D eigenvalue weighted by Crippen LogP contribution is 2.40. The Bertz CT molecular complexity index is 1560. The molecule has 0 aliphatic heterocycles. The number of fused-ring (bicyclic) bond motifs is 1. The van der Waals surface area contributed by atoms with Gasteiger partial charge in [-0.3, -0.25) is 9.59 Å². The molecule has 238 valence electrons. The van der Waals surface area contributed by atoms with Crippen molar-refractivity contribution in [3.63, 3.8) is 0 Å². The van der Waals surface area contributed by atoms with Crippen molar-refractivity contribution >= 4 is 46.3 Å². The zero-order valence-electron chi connectivity index (χ0n) is 25.8. The van der Waals surface area contributed by atoms with Crippen molar-refractivity contribution in [2.75, 3.05) is 25.1 Å². The van der Waals surface area contributed by atoms with Crippen molar-refractivity contribution in [2.24, 2.45) is 11.0 Å². The summed E-state index contributed by atoms with van der Waals surface area (Å²) in [6.45, 7) is 8.74. The average molecular weight is 636 g/mol. The molecule has 1 aromatic heterocycles. The number of hydrogen-bond donors (Lipinski definition) is 2. The van der Waals surface area contributed by atoms with Crippen molar-refractivity contribution < 1.29 is 38.1 Å². The van der Waals surface area contributed by atoms with E-state index in [-0.39, 0.29) is 12.4 Å². The topological polar surface area (TPSA) is 142 Å². The molecule has 1 aliphatic carbocycles. The molecule has 11 nitrogen and oxygen atoms in total. The van der Waals surface area contributed by atoms with E-state index in [1.165, 1.54) is 17.6 Å². The molecule has 1 aliphatic rings. The molecule has 2 aromatic carbocycles. The van der Waals surface area contributed by atoms with Crippen LogP contribution in [0.1, 0.15) is 77.3 Å². The number of hydrazone groups is 1. The minimum absolute atomic E-state index is 0.194. The van der Waals surface area contributed by atoms with E-state index in [9.17, 15) is 19.2 Å². The lowest BCUT2D eigenvalue weighted by atomic mass is 9.88. The second kappa shape index (κ2) is 15.8. The van der Waals surface area contributed by atoms with E-state index >= 15 is 0 Å². The Morgan fingerprint density at radius 3 is 2.44 bits per heavy atom. The fourth-order valence-electron chi connectivity index (χ4n) is 4.66. The van der Waals surface area contributed by atoms with Gasteiger partial charge in [0.2, 0.25) is 0 Å². The molecule has 1 atom stereocenters. The maximum Gasteiger partial charge on any atom is 0.343 e. The van der Waals surface area contributed by atoms with Gasteiger partial charge in [0.15, 0.2) is 11.5 Å². The number of nitrogens with one attached hydrogen (secondary N) is 2. The van der Waals surface area contributed by atoms with E-state index < -0.39 is 23.8 Å². The van der Waals surface area contributed by atoms with E-state index in [1.807, 2.05) is 6.92 Å². The minimum Gasteiger partial charge on any atom is -0.494 e. The lowest BCUT2D eigenvalue weighted by molar-refractivity contribution is -0.136. The summed E-state index contributed by atoms with van der Waals surface area (Å²) < 4.78 is 22.0. The first kappa shape index (κ1) is 33.2. The molecule has 0 saturated carbocycles. The molecule has 4 rings (SSSR count). The summed E-state index contributed by atoms with van der Waals surface area (Å²) in [5.74, 6) is -1.44. The van der Waals surface area contributed by atoms with Crippen LogP contribution < -0.4 is 25.0 Å². The molecule has 2 N–H and O–H groups in total. The van der Waals surface area contributed by atoms with Crippen molar-refractivity contribution in [3.05, 3.63) is 69.6 Å². The number of rotatable bonds is 12. The number of nitrogens with zero attached hydrogens (tertiary/aromatic N) is 1. The van der Waals surface area contributed by atoms with E-state index in [2.05, 4.69) is 22.8 Å². The van der Waals surface area contributed by atoms with E-state index in [0.717, 1.165) is 29.7 Å². The summed E-state index contributed by atoms with van der Waals surface area (Å²) in [7, 11) is 0. The monoisotopic (exact) mass is 635 g/mol. The SMILES string of the molecule is CCCOc1ccc(C(=O)Oc2ccc(/C=N\NC(=O)C(=O)Nc3sc4c(c3C(=O)OCC)CC[C@@H](C)C4)cc2OCC)cc1. The van der Waals surface area contributed by atoms with Gasteiger partial charge in [-0.15, -0.1) is 11.3 Å². The van der Waals surface area contributed by atoms with Gasteiger partial charge < -0.3 is 24.3 Å².